The predicted molar refractivity (Wildman–Crippen MR) is 88.5 cm³/mol. The third-order valence-corrected chi connectivity index (χ3v) is 2.56. The lowest BCUT2D eigenvalue weighted by molar-refractivity contribution is -0.403. The Kier molecular flexibility index (Phi) is 9.73. The maximum atomic E-state index is 10.2. The fraction of sp³-hybridized carbons (Fsp3) is 0.429. The minimum Gasteiger partial charge on any atom is -0.494 e. The molecule has 0 spiro atoms. The maximum Gasteiger partial charge on any atom is 0.273 e. The third-order valence-electron chi connectivity index (χ3n) is 2.56. The molecule has 0 unspecified atom stereocenters. The van der Waals surface area contributed by atoms with E-state index in [9.17, 15) is 10.1 Å². The van der Waals surface area contributed by atoms with Crippen molar-refractivity contribution in [1.82, 2.24) is 10.2 Å². The number of nitrogens with two attached hydrogens (primary N) is 1. The van der Waals surface area contributed by atoms with Gasteiger partial charge in [0, 0.05) is 13.1 Å². The van der Waals surface area contributed by atoms with Gasteiger partial charge < -0.3 is 20.7 Å². The molecule has 1 aromatic rings. The monoisotopic (exact) mass is 330 g/mol. The molecule has 0 saturated carbocycles. The van der Waals surface area contributed by atoms with Crippen LogP contribution >= 0.6 is 12.4 Å². The Bertz CT molecular complexity index is 495. The summed E-state index contributed by atoms with van der Waals surface area (Å²) in [6.07, 6.45) is 1.44. The van der Waals surface area contributed by atoms with E-state index in [0.29, 0.717) is 19.6 Å². The van der Waals surface area contributed by atoms with Crippen LogP contribution in [-0.2, 0) is 6.54 Å². The third kappa shape index (κ3) is 9.04. The van der Waals surface area contributed by atoms with Crippen LogP contribution in [0.3, 0.4) is 0 Å². The van der Waals surface area contributed by atoms with Crippen LogP contribution in [0.2, 0.25) is 0 Å². The highest BCUT2D eigenvalue weighted by Gasteiger charge is 1.99. The van der Waals surface area contributed by atoms with Crippen molar-refractivity contribution in [3.63, 3.8) is 0 Å². The molecule has 3 N–H and O–H groups in total. The van der Waals surface area contributed by atoms with E-state index in [1.165, 1.54) is 5.56 Å². The van der Waals surface area contributed by atoms with Crippen molar-refractivity contribution in [1.29, 1.82) is 0 Å². The van der Waals surface area contributed by atoms with Gasteiger partial charge in [-0.2, -0.15) is 0 Å². The largest absolute Gasteiger partial charge is 0.494 e. The Hall–Kier alpha value is -1.99. The van der Waals surface area contributed by atoms with Crippen LogP contribution < -0.4 is 15.8 Å². The van der Waals surface area contributed by atoms with Crippen molar-refractivity contribution in [3.8, 4) is 5.75 Å². The summed E-state index contributed by atoms with van der Waals surface area (Å²) >= 11 is 0. The molecule has 0 fully saturated rings. The lowest BCUT2D eigenvalue weighted by atomic mass is 10.2. The molecule has 0 saturated heterocycles. The Morgan fingerprint density at radius 3 is 2.86 bits per heavy atom. The minimum absolute atomic E-state index is 0. The zero-order valence-corrected chi connectivity index (χ0v) is 13.6. The first-order valence-corrected chi connectivity index (χ1v) is 6.68. The number of nitrogens with one attached hydrogen (secondary N) is 1. The van der Waals surface area contributed by atoms with Gasteiger partial charge in [-0.15, -0.1) is 12.4 Å². The Labute approximate surface area is 136 Å². The number of benzene rings is 1. The van der Waals surface area contributed by atoms with Crippen LogP contribution in [-0.4, -0.2) is 37.1 Å². The van der Waals surface area contributed by atoms with Crippen molar-refractivity contribution in [3.05, 3.63) is 52.0 Å². The average Bonchev–Trinajstić information content (AvgIpc) is 2.37. The van der Waals surface area contributed by atoms with Gasteiger partial charge in [0.1, 0.15) is 5.75 Å². The molecule has 8 heteroatoms. The summed E-state index contributed by atoms with van der Waals surface area (Å²) in [5.41, 5.74) is 6.59. The lowest BCUT2D eigenvalue weighted by Crippen LogP contribution is -2.23. The summed E-state index contributed by atoms with van der Waals surface area (Å²) in [6.45, 7) is 1.90. The second-order valence-corrected chi connectivity index (χ2v) is 4.88. The lowest BCUT2D eigenvalue weighted by Gasteiger charge is -2.12. The molecule has 0 aliphatic heterocycles. The van der Waals surface area contributed by atoms with Crippen LogP contribution in [0.25, 0.3) is 0 Å². The predicted octanol–water partition coefficient (Wildman–Crippen LogP) is 1.56. The molecule has 0 amide bonds. The normalized spacial score (nSPS) is 11.0. The summed E-state index contributed by atoms with van der Waals surface area (Å²) < 4.78 is 5.64. The van der Waals surface area contributed by atoms with Gasteiger partial charge in [0.15, 0.2) is 5.82 Å². The number of ether oxygens (including phenoxy) is 1. The molecule has 22 heavy (non-hydrogen) atoms. The van der Waals surface area contributed by atoms with E-state index >= 15 is 0 Å². The van der Waals surface area contributed by atoms with Gasteiger partial charge in [0.2, 0.25) is 0 Å². The molecule has 0 heterocycles. The minimum atomic E-state index is -0.588. The molecule has 0 aromatic heterocycles. The quantitative estimate of drug-likeness (QED) is 0.405. The summed E-state index contributed by atoms with van der Waals surface area (Å²) in [5, 5.41) is 12.9. The molecule has 0 atom stereocenters. The van der Waals surface area contributed by atoms with Crippen molar-refractivity contribution in [2.75, 3.05) is 27.2 Å². The van der Waals surface area contributed by atoms with Gasteiger partial charge >= 0.3 is 0 Å². The van der Waals surface area contributed by atoms with Crippen molar-refractivity contribution >= 4 is 12.4 Å². The Balaban J connectivity index is 0.00000441. The average molecular weight is 331 g/mol. The zero-order chi connectivity index (χ0) is 15.7. The highest BCUT2D eigenvalue weighted by atomic mass is 35.5. The van der Waals surface area contributed by atoms with E-state index in [1.807, 2.05) is 32.3 Å². The molecule has 0 bridgehead atoms. The van der Waals surface area contributed by atoms with Crippen LogP contribution in [0.5, 0.6) is 5.75 Å². The fourth-order valence-corrected chi connectivity index (χ4v) is 1.75. The second-order valence-electron chi connectivity index (χ2n) is 4.88. The van der Waals surface area contributed by atoms with Gasteiger partial charge in [0.05, 0.1) is 11.5 Å². The summed E-state index contributed by atoms with van der Waals surface area (Å²) in [5.74, 6) is 0.871. The van der Waals surface area contributed by atoms with Crippen LogP contribution in [0, 0.1) is 10.1 Å². The first kappa shape index (κ1) is 20.0. The van der Waals surface area contributed by atoms with Gasteiger partial charge in [-0.1, -0.05) is 12.1 Å². The maximum absolute atomic E-state index is 10.2. The Morgan fingerprint density at radius 2 is 2.23 bits per heavy atom. The van der Waals surface area contributed by atoms with Gasteiger partial charge in [-0.05, 0) is 38.2 Å². The fourth-order valence-electron chi connectivity index (χ4n) is 1.75. The van der Waals surface area contributed by atoms with E-state index in [4.69, 9.17) is 10.5 Å². The van der Waals surface area contributed by atoms with Gasteiger partial charge in [-0.3, -0.25) is 10.1 Å². The van der Waals surface area contributed by atoms with E-state index in [2.05, 4.69) is 16.3 Å². The topological polar surface area (TPSA) is 93.7 Å². The smallest absolute Gasteiger partial charge is 0.273 e. The molecule has 0 aliphatic rings. The van der Waals surface area contributed by atoms with E-state index in [0.717, 1.165) is 18.5 Å². The van der Waals surface area contributed by atoms with Crippen LogP contribution in [0.1, 0.15) is 12.0 Å². The molecule has 1 aromatic carbocycles. The zero-order valence-electron chi connectivity index (χ0n) is 12.8. The number of nitro groups is 1. The number of halogens is 1. The van der Waals surface area contributed by atoms with Crippen LogP contribution in [0.15, 0.2) is 36.3 Å². The van der Waals surface area contributed by atoms with E-state index in [-0.39, 0.29) is 18.2 Å². The van der Waals surface area contributed by atoms with Crippen molar-refractivity contribution in [2.45, 2.75) is 13.0 Å². The second kappa shape index (κ2) is 10.7. The van der Waals surface area contributed by atoms with Gasteiger partial charge in [0.25, 0.3) is 6.20 Å². The molecular weight excluding hydrogens is 308 g/mol. The molecule has 7 nitrogen and oxygen atoms in total. The number of nitrogens with zero attached hydrogens (tertiary/aromatic N) is 2. The highest BCUT2D eigenvalue weighted by Crippen LogP contribution is 2.14. The number of rotatable bonds is 9. The number of hydrogen-bond donors (Lipinski definition) is 2. The molecule has 124 valence electrons. The molecule has 0 aliphatic carbocycles. The van der Waals surface area contributed by atoms with E-state index in [1.54, 1.807) is 0 Å². The van der Waals surface area contributed by atoms with Crippen LogP contribution in [0.4, 0.5) is 0 Å². The van der Waals surface area contributed by atoms with Crippen molar-refractivity contribution in [2.24, 2.45) is 5.73 Å². The highest BCUT2D eigenvalue weighted by molar-refractivity contribution is 5.85. The molecular formula is C14H23ClN4O3. The SMILES string of the molecule is CN(C)Cc1cccc(OCCCN/C(N)=C/[N+](=O)[O-])c1.Cl. The van der Waals surface area contributed by atoms with E-state index < -0.39 is 4.92 Å². The summed E-state index contributed by atoms with van der Waals surface area (Å²) in [7, 11) is 4.03. The molecule has 0 radical (unpaired) electrons. The standard InChI is InChI=1S/C14H22N4O3.ClH/c1-17(2)10-12-5-3-6-13(9-12)21-8-4-7-16-14(15)11-18(19)20;/h3,5-6,9,11,16H,4,7-8,10,15H2,1-2H3;1H/b14-11+;. The summed E-state index contributed by atoms with van der Waals surface area (Å²) in [4.78, 5) is 11.7. The number of hydrogen-bond acceptors (Lipinski definition) is 6. The first-order valence-electron chi connectivity index (χ1n) is 6.68. The first-order chi connectivity index (χ1) is 9.97. The Morgan fingerprint density at radius 1 is 1.50 bits per heavy atom. The van der Waals surface area contributed by atoms with Gasteiger partial charge in [-0.25, -0.2) is 0 Å². The van der Waals surface area contributed by atoms with Crippen molar-refractivity contribution < 1.29 is 9.66 Å². The summed E-state index contributed by atoms with van der Waals surface area (Å²) in [6, 6.07) is 7.93. The molecule has 1 rings (SSSR count).